The van der Waals surface area contributed by atoms with Crippen molar-refractivity contribution in [2.24, 2.45) is 5.92 Å². The first-order valence-corrected chi connectivity index (χ1v) is 9.16. The van der Waals surface area contributed by atoms with Gasteiger partial charge in [-0.25, -0.2) is 4.98 Å². The van der Waals surface area contributed by atoms with Crippen molar-refractivity contribution in [3.05, 3.63) is 23.8 Å². The van der Waals surface area contributed by atoms with Gasteiger partial charge in [-0.05, 0) is 37.5 Å². The second-order valence-electron chi connectivity index (χ2n) is 6.58. The predicted molar refractivity (Wildman–Crippen MR) is 99.5 cm³/mol. The van der Waals surface area contributed by atoms with Crippen molar-refractivity contribution in [1.29, 1.82) is 0 Å². The Labute approximate surface area is 146 Å². The van der Waals surface area contributed by atoms with Crippen LogP contribution < -0.4 is 10.6 Å². The van der Waals surface area contributed by atoms with Crippen molar-refractivity contribution >= 4 is 38.5 Å². The minimum absolute atomic E-state index is 0.0663. The van der Waals surface area contributed by atoms with Crippen molar-refractivity contribution in [3.8, 4) is 0 Å². The topological polar surface area (TPSA) is 71.1 Å². The molecule has 130 valence electrons. The summed E-state index contributed by atoms with van der Waals surface area (Å²) in [6, 6.07) is 5.57. The van der Waals surface area contributed by atoms with Crippen LogP contribution in [0.15, 0.2) is 18.2 Å². The van der Waals surface area contributed by atoms with Gasteiger partial charge in [0.1, 0.15) is 0 Å². The fraction of sp³-hybridized carbons (Fsp3) is 0.500. The molecule has 0 unspecified atom stereocenters. The number of fused-ring (bicyclic) bond motifs is 1. The van der Waals surface area contributed by atoms with Gasteiger partial charge in [0, 0.05) is 18.5 Å². The van der Waals surface area contributed by atoms with Crippen LogP contribution in [0.25, 0.3) is 10.2 Å². The van der Waals surface area contributed by atoms with Gasteiger partial charge in [0.25, 0.3) is 5.91 Å². The molecule has 2 amide bonds. The smallest absolute Gasteiger partial charge is 0.251 e. The molecule has 1 aromatic heterocycles. The molecule has 2 rings (SSSR count). The van der Waals surface area contributed by atoms with Crippen molar-refractivity contribution in [1.82, 2.24) is 10.3 Å². The summed E-state index contributed by atoms with van der Waals surface area (Å²) in [5.41, 5.74) is 1.40. The fourth-order valence-corrected chi connectivity index (χ4v) is 3.43. The average Bonchev–Trinajstić information content (AvgIpc) is 2.86. The first-order valence-electron chi connectivity index (χ1n) is 8.34. The molecule has 24 heavy (non-hydrogen) atoms. The summed E-state index contributed by atoms with van der Waals surface area (Å²) in [4.78, 5) is 27.8. The van der Waals surface area contributed by atoms with E-state index in [0.717, 1.165) is 23.1 Å². The molecule has 2 aromatic rings. The number of benzene rings is 1. The SMILES string of the molecule is CC(=O)Nc1nc2ccc(C(=O)N[C@H](C)CCCC(C)C)cc2s1. The number of nitrogens with zero attached hydrogens (tertiary/aromatic N) is 1. The van der Waals surface area contributed by atoms with Gasteiger partial charge in [-0.15, -0.1) is 0 Å². The summed E-state index contributed by atoms with van der Waals surface area (Å²) >= 11 is 1.37. The van der Waals surface area contributed by atoms with Crippen LogP contribution in [-0.2, 0) is 4.79 Å². The number of hydrogen-bond acceptors (Lipinski definition) is 4. The molecule has 1 heterocycles. The molecule has 2 N–H and O–H groups in total. The molecule has 0 fully saturated rings. The number of amides is 2. The molecule has 0 bridgehead atoms. The Morgan fingerprint density at radius 2 is 1.96 bits per heavy atom. The zero-order valence-electron chi connectivity index (χ0n) is 14.7. The zero-order chi connectivity index (χ0) is 17.7. The molecule has 0 saturated heterocycles. The standard InChI is InChI=1S/C18H25N3O2S/c1-11(2)6-5-7-12(3)19-17(23)14-8-9-15-16(10-14)24-18(21-15)20-13(4)22/h8-12H,5-7H2,1-4H3,(H,19,23)(H,20,21,22)/t12-/m1/s1. The van der Waals surface area contributed by atoms with Crippen LogP contribution in [0.3, 0.4) is 0 Å². The van der Waals surface area contributed by atoms with Gasteiger partial charge in [-0.1, -0.05) is 38.0 Å². The largest absolute Gasteiger partial charge is 0.350 e. The molecule has 0 spiro atoms. The van der Waals surface area contributed by atoms with E-state index in [1.54, 1.807) is 6.07 Å². The first kappa shape index (κ1) is 18.4. The highest BCUT2D eigenvalue weighted by atomic mass is 32.1. The molecule has 5 nitrogen and oxygen atoms in total. The van der Waals surface area contributed by atoms with Crippen molar-refractivity contribution in [2.45, 2.75) is 53.0 Å². The third-order valence-electron chi connectivity index (χ3n) is 3.73. The summed E-state index contributed by atoms with van der Waals surface area (Å²) in [6.45, 7) is 7.91. The lowest BCUT2D eigenvalue weighted by Gasteiger charge is -2.14. The molecule has 0 radical (unpaired) electrons. The minimum Gasteiger partial charge on any atom is -0.350 e. The quantitative estimate of drug-likeness (QED) is 0.788. The number of rotatable bonds is 7. The maximum atomic E-state index is 12.4. The Hall–Kier alpha value is -1.95. The second kappa shape index (κ2) is 8.24. The Kier molecular flexibility index (Phi) is 6.31. The number of thiazole rings is 1. The summed E-state index contributed by atoms with van der Waals surface area (Å²) < 4.78 is 0.888. The third kappa shape index (κ3) is 5.30. The maximum Gasteiger partial charge on any atom is 0.251 e. The van der Waals surface area contributed by atoms with Gasteiger partial charge in [0.15, 0.2) is 5.13 Å². The van der Waals surface area contributed by atoms with Crippen LogP contribution in [0.5, 0.6) is 0 Å². The van der Waals surface area contributed by atoms with Crippen LogP contribution in [0.1, 0.15) is 57.3 Å². The van der Waals surface area contributed by atoms with Gasteiger partial charge in [0.05, 0.1) is 10.2 Å². The Balaban J connectivity index is 2.00. The Bertz CT molecular complexity index is 724. The number of hydrogen-bond donors (Lipinski definition) is 2. The highest BCUT2D eigenvalue weighted by Gasteiger charge is 2.12. The summed E-state index contributed by atoms with van der Waals surface area (Å²) in [7, 11) is 0. The first-order chi connectivity index (χ1) is 11.3. The van der Waals surface area contributed by atoms with Crippen molar-refractivity contribution in [3.63, 3.8) is 0 Å². The summed E-state index contributed by atoms with van der Waals surface area (Å²) in [5.74, 6) is 0.477. The lowest BCUT2D eigenvalue weighted by atomic mass is 10.0. The fourth-order valence-electron chi connectivity index (χ4n) is 2.48. The van der Waals surface area contributed by atoms with E-state index >= 15 is 0 Å². The van der Waals surface area contributed by atoms with E-state index in [1.807, 2.05) is 19.1 Å². The van der Waals surface area contributed by atoms with Gasteiger partial charge in [-0.2, -0.15) is 0 Å². The normalized spacial score (nSPS) is 12.4. The van der Waals surface area contributed by atoms with Gasteiger partial charge in [0.2, 0.25) is 5.91 Å². The maximum absolute atomic E-state index is 12.4. The van der Waals surface area contributed by atoms with Gasteiger partial charge >= 0.3 is 0 Å². The molecular weight excluding hydrogens is 322 g/mol. The van der Waals surface area contributed by atoms with Crippen LogP contribution in [-0.4, -0.2) is 22.8 Å². The van der Waals surface area contributed by atoms with E-state index in [9.17, 15) is 9.59 Å². The van der Waals surface area contributed by atoms with E-state index in [1.165, 1.54) is 24.7 Å². The van der Waals surface area contributed by atoms with Crippen molar-refractivity contribution in [2.75, 3.05) is 5.32 Å². The lowest BCUT2D eigenvalue weighted by molar-refractivity contribution is -0.114. The molecule has 6 heteroatoms. The zero-order valence-corrected chi connectivity index (χ0v) is 15.5. The van der Waals surface area contributed by atoms with Crippen LogP contribution in [0, 0.1) is 5.92 Å². The highest BCUT2D eigenvalue weighted by Crippen LogP contribution is 2.26. The lowest BCUT2D eigenvalue weighted by Crippen LogP contribution is -2.32. The van der Waals surface area contributed by atoms with E-state index in [4.69, 9.17) is 0 Å². The summed E-state index contributed by atoms with van der Waals surface area (Å²) in [5, 5.41) is 6.28. The van der Waals surface area contributed by atoms with Gasteiger partial charge < -0.3 is 10.6 Å². The van der Waals surface area contributed by atoms with Crippen LogP contribution in [0.2, 0.25) is 0 Å². The van der Waals surface area contributed by atoms with E-state index < -0.39 is 0 Å². The molecule has 1 aromatic carbocycles. The predicted octanol–water partition coefficient (Wildman–Crippen LogP) is 4.20. The molecular formula is C18H25N3O2S. The van der Waals surface area contributed by atoms with E-state index in [0.29, 0.717) is 16.6 Å². The molecule has 0 saturated carbocycles. The second-order valence-corrected chi connectivity index (χ2v) is 7.61. The monoisotopic (exact) mass is 347 g/mol. The minimum atomic E-state index is -0.151. The molecule has 1 atom stereocenters. The van der Waals surface area contributed by atoms with E-state index in [-0.39, 0.29) is 17.9 Å². The van der Waals surface area contributed by atoms with Gasteiger partial charge in [-0.3, -0.25) is 9.59 Å². The van der Waals surface area contributed by atoms with Crippen molar-refractivity contribution < 1.29 is 9.59 Å². The molecule has 0 aliphatic rings. The average molecular weight is 347 g/mol. The summed E-state index contributed by atoms with van der Waals surface area (Å²) in [6.07, 6.45) is 3.28. The number of carbonyl (C=O) groups is 2. The highest BCUT2D eigenvalue weighted by molar-refractivity contribution is 7.22. The molecule has 0 aliphatic carbocycles. The number of anilines is 1. The Morgan fingerprint density at radius 1 is 1.21 bits per heavy atom. The number of nitrogens with one attached hydrogen (secondary N) is 2. The Morgan fingerprint density at radius 3 is 2.62 bits per heavy atom. The van der Waals surface area contributed by atoms with Crippen LogP contribution >= 0.6 is 11.3 Å². The van der Waals surface area contributed by atoms with E-state index in [2.05, 4.69) is 29.5 Å². The van der Waals surface area contributed by atoms with Crippen LogP contribution in [0.4, 0.5) is 5.13 Å². The third-order valence-corrected chi connectivity index (χ3v) is 4.66. The number of aromatic nitrogens is 1. The molecule has 0 aliphatic heterocycles. The number of carbonyl (C=O) groups excluding carboxylic acids is 2.